The van der Waals surface area contributed by atoms with Crippen molar-refractivity contribution in [3.8, 4) is 5.75 Å². The number of likely N-dealkylation sites (N-methyl/N-ethyl adjacent to an activating group) is 1. The molecular formula is C12H16BNO3. The maximum absolute atomic E-state index is 11.3. The summed E-state index contributed by atoms with van der Waals surface area (Å²) in [6.07, 6.45) is 0.474. The van der Waals surface area contributed by atoms with Gasteiger partial charge in [-0.25, -0.2) is 4.79 Å². The topological polar surface area (TPSA) is 47.6 Å². The zero-order valence-corrected chi connectivity index (χ0v) is 9.94. The molecular weight excluding hydrogens is 217 g/mol. The fourth-order valence-corrected chi connectivity index (χ4v) is 1.18. The Bertz CT molecular complexity index is 340. The first-order valence-electron chi connectivity index (χ1n) is 5.48. The van der Waals surface area contributed by atoms with Crippen LogP contribution in [-0.4, -0.2) is 40.6 Å². The van der Waals surface area contributed by atoms with Crippen LogP contribution in [0.4, 0.5) is 0 Å². The van der Waals surface area contributed by atoms with Crippen LogP contribution >= 0.6 is 0 Å². The van der Waals surface area contributed by atoms with E-state index >= 15 is 0 Å². The van der Waals surface area contributed by atoms with E-state index in [0.717, 1.165) is 5.56 Å². The lowest BCUT2D eigenvalue weighted by atomic mass is 9.97. The average molecular weight is 233 g/mol. The molecule has 90 valence electrons. The molecule has 0 unspecified atom stereocenters. The van der Waals surface area contributed by atoms with Gasteiger partial charge in [0.05, 0.1) is 14.5 Å². The highest BCUT2D eigenvalue weighted by atomic mass is 16.6. The lowest BCUT2D eigenvalue weighted by Gasteiger charge is -2.06. The number of carbonyl (C=O) groups excluding carboxylic acids is 1. The number of hydrogen-bond acceptors (Lipinski definition) is 4. The molecule has 1 aromatic rings. The molecule has 1 rings (SSSR count). The SMILES string of the molecule is [B]Cc1ccc(OC(=O)COCCNC)cc1. The molecule has 0 aliphatic rings. The van der Waals surface area contributed by atoms with Gasteiger partial charge >= 0.3 is 5.97 Å². The molecule has 2 radical (unpaired) electrons. The van der Waals surface area contributed by atoms with Gasteiger partial charge in [-0.15, -0.1) is 0 Å². The zero-order valence-electron chi connectivity index (χ0n) is 9.94. The van der Waals surface area contributed by atoms with Gasteiger partial charge in [-0.3, -0.25) is 0 Å². The van der Waals surface area contributed by atoms with E-state index in [1.807, 2.05) is 19.2 Å². The van der Waals surface area contributed by atoms with E-state index < -0.39 is 5.97 Å². The first kappa shape index (κ1) is 13.7. The Morgan fingerprint density at radius 3 is 2.65 bits per heavy atom. The van der Waals surface area contributed by atoms with Gasteiger partial charge in [0, 0.05) is 6.54 Å². The number of benzene rings is 1. The van der Waals surface area contributed by atoms with Crippen LogP contribution in [0.2, 0.25) is 0 Å². The van der Waals surface area contributed by atoms with E-state index in [4.69, 9.17) is 17.3 Å². The van der Waals surface area contributed by atoms with E-state index in [1.54, 1.807) is 12.1 Å². The molecule has 0 saturated heterocycles. The van der Waals surface area contributed by atoms with Gasteiger partial charge in [0.25, 0.3) is 0 Å². The first-order valence-corrected chi connectivity index (χ1v) is 5.48. The van der Waals surface area contributed by atoms with Crippen LogP contribution in [-0.2, 0) is 15.9 Å². The van der Waals surface area contributed by atoms with Gasteiger partial charge < -0.3 is 14.8 Å². The Balaban J connectivity index is 2.29. The van der Waals surface area contributed by atoms with Crippen molar-refractivity contribution in [3.05, 3.63) is 29.8 Å². The van der Waals surface area contributed by atoms with Gasteiger partial charge in [0.1, 0.15) is 12.4 Å². The van der Waals surface area contributed by atoms with E-state index in [1.165, 1.54) is 0 Å². The van der Waals surface area contributed by atoms with Gasteiger partial charge in [-0.2, -0.15) is 0 Å². The Hall–Kier alpha value is -1.33. The predicted molar refractivity (Wildman–Crippen MR) is 66.3 cm³/mol. The smallest absolute Gasteiger partial charge is 0.337 e. The summed E-state index contributed by atoms with van der Waals surface area (Å²) in [6.45, 7) is 1.15. The molecule has 1 aromatic carbocycles. The van der Waals surface area contributed by atoms with Crippen molar-refractivity contribution in [2.75, 3.05) is 26.8 Å². The molecule has 0 bridgehead atoms. The number of hydrogen-bond donors (Lipinski definition) is 1. The monoisotopic (exact) mass is 233 g/mol. The zero-order chi connectivity index (χ0) is 12.5. The van der Waals surface area contributed by atoms with E-state index in [9.17, 15) is 4.79 Å². The molecule has 0 aliphatic heterocycles. The van der Waals surface area contributed by atoms with Crippen LogP contribution in [0.1, 0.15) is 5.56 Å². The number of rotatable bonds is 7. The summed E-state index contributed by atoms with van der Waals surface area (Å²) in [7, 11) is 7.28. The average Bonchev–Trinajstić information content (AvgIpc) is 2.36. The van der Waals surface area contributed by atoms with Crippen LogP contribution in [0.15, 0.2) is 24.3 Å². The third kappa shape index (κ3) is 5.52. The van der Waals surface area contributed by atoms with E-state index in [0.29, 0.717) is 25.2 Å². The molecule has 0 aromatic heterocycles. The number of carbonyl (C=O) groups is 1. The summed E-state index contributed by atoms with van der Waals surface area (Å²) in [4.78, 5) is 11.3. The Labute approximate surface area is 103 Å². The highest BCUT2D eigenvalue weighted by Crippen LogP contribution is 2.12. The first-order chi connectivity index (χ1) is 8.26. The summed E-state index contributed by atoms with van der Waals surface area (Å²) in [5.41, 5.74) is 0.995. The minimum absolute atomic E-state index is 0.0413. The molecule has 0 amide bonds. The molecule has 5 heteroatoms. The lowest BCUT2D eigenvalue weighted by Crippen LogP contribution is -2.20. The molecule has 0 spiro atoms. The van der Waals surface area contributed by atoms with E-state index in [-0.39, 0.29) is 6.61 Å². The minimum Gasteiger partial charge on any atom is -0.425 e. The molecule has 0 aliphatic carbocycles. The number of nitrogens with one attached hydrogen (secondary N) is 1. The number of ether oxygens (including phenoxy) is 2. The molecule has 0 atom stereocenters. The second-order valence-electron chi connectivity index (χ2n) is 3.48. The van der Waals surface area contributed by atoms with Crippen molar-refractivity contribution in [1.29, 1.82) is 0 Å². The van der Waals surface area contributed by atoms with Crippen molar-refractivity contribution in [1.82, 2.24) is 5.32 Å². The summed E-state index contributed by atoms with van der Waals surface area (Å²) >= 11 is 0. The summed E-state index contributed by atoms with van der Waals surface area (Å²) in [6, 6.07) is 7.08. The number of esters is 1. The van der Waals surface area contributed by atoms with Gasteiger partial charge in [-0.05, 0) is 19.2 Å². The molecule has 0 heterocycles. The molecule has 4 nitrogen and oxygen atoms in total. The van der Waals surface area contributed by atoms with Crippen LogP contribution in [0.5, 0.6) is 5.75 Å². The standard InChI is InChI=1S/C12H16BNO3/c1-14-6-7-16-9-12(15)17-11-4-2-10(8-13)3-5-11/h2-5,14H,6-9H2,1H3. The normalized spacial score (nSPS) is 10.2. The van der Waals surface area contributed by atoms with Crippen molar-refractivity contribution < 1.29 is 14.3 Å². The second kappa shape index (κ2) is 7.87. The fourth-order valence-electron chi connectivity index (χ4n) is 1.18. The Morgan fingerprint density at radius 1 is 1.35 bits per heavy atom. The van der Waals surface area contributed by atoms with Gasteiger partial charge in [-0.1, -0.05) is 24.0 Å². The summed E-state index contributed by atoms with van der Waals surface area (Å²) in [5, 5.41) is 2.91. The maximum Gasteiger partial charge on any atom is 0.337 e. The minimum atomic E-state index is -0.401. The molecule has 1 N–H and O–H groups in total. The maximum atomic E-state index is 11.3. The third-order valence-corrected chi connectivity index (χ3v) is 2.11. The second-order valence-corrected chi connectivity index (χ2v) is 3.48. The van der Waals surface area contributed by atoms with E-state index in [2.05, 4.69) is 5.32 Å². The lowest BCUT2D eigenvalue weighted by molar-refractivity contribution is -0.139. The van der Waals surface area contributed by atoms with Gasteiger partial charge in [0.15, 0.2) is 0 Å². The summed E-state index contributed by atoms with van der Waals surface area (Å²) < 4.78 is 10.2. The van der Waals surface area contributed by atoms with Crippen molar-refractivity contribution >= 4 is 13.8 Å². The molecule has 17 heavy (non-hydrogen) atoms. The molecule has 0 fully saturated rings. The summed E-state index contributed by atoms with van der Waals surface area (Å²) in [5.74, 6) is 0.103. The predicted octanol–water partition coefficient (Wildman–Crippen LogP) is 0.496. The quantitative estimate of drug-likeness (QED) is 0.322. The largest absolute Gasteiger partial charge is 0.425 e. The van der Waals surface area contributed by atoms with Crippen LogP contribution in [0.3, 0.4) is 0 Å². The highest BCUT2D eigenvalue weighted by Gasteiger charge is 2.04. The fraction of sp³-hybridized carbons (Fsp3) is 0.417. The van der Waals surface area contributed by atoms with Crippen LogP contribution < -0.4 is 10.1 Å². The van der Waals surface area contributed by atoms with Gasteiger partial charge in [0.2, 0.25) is 0 Å². The van der Waals surface area contributed by atoms with Crippen LogP contribution in [0, 0.1) is 0 Å². The van der Waals surface area contributed by atoms with Crippen molar-refractivity contribution in [2.24, 2.45) is 0 Å². The molecule has 0 saturated carbocycles. The Morgan fingerprint density at radius 2 is 2.06 bits per heavy atom. The van der Waals surface area contributed by atoms with Crippen molar-refractivity contribution in [2.45, 2.75) is 6.32 Å². The Kier molecular flexibility index (Phi) is 6.36. The van der Waals surface area contributed by atoms with Crippen LogP contribution in [0.25, 0.3) is 0 Å². The highest BCUT2D eigenvalue weighted by molar-refractivity contribution is 6.08. The third-order valence-electron chi connectivity index (χ3n) is 2.11. The van der Waals surface area contributed by atoms with Crippen molar-refractivity contribution in [3.63, 3.8) is 0 Å².